The van der Waals surface area contributed by atoms with Crippen LogP contribution in [-0.2, 0) is 14.3 Å². The number of amides is 2. The molecular weight excluding hydrogens is 431 g/mol. The first-order chi connectivity index (χ1) is 13.2. The van der Waals surface area contributed by atoms with E-state index in [-0.39, 0.29) is 27.0 Å². The summed E-state index contributed by atoms with van der Waals surface area (Å²) >= 11 is 17.8. The van der Waals surface area contributed by atoms with Crippen molar-refractivity contribution in [2.24, 2.45) is 0 Å². The van der Waals surface area contributed by atoms with Gasteiger partial charge in [0.25, 0.3) is 5.91 Å². The SMILES string of the molecule is COC(=O)N(C)c1ccccc1C(=O)OCC(=O)Nc1c(Cl)cc(Cl)cc1Cl. The summed E-state index contributed by atoms with van der Waals surface area (Å²) in [6.07, 6.45) is -0.662. The van der Waals surface area contributed by atoms with E-state index < -0.39 is 24.6 Å². The van der Waals surface area contributed by atoms with Gasteiger partial charge in [-0.15, -0.1) is 0 Å². The zero-order chi connectivity index (χ0) is 20.8. The first-order valence-corrected chi connectivity index (χ1v) is 8.90. The molecule has 0 radical (unpaired) electrons. The van der Waals surface area contributed by atoms with Gasteiger partial charge in [0, 0.05) is 12.1 Å². The number of methoxy groups -OCH3 is 1. The first kappa shape index (κ1) is 21.8. The molecule has 0 aromatic heterocycles. The Bertz CT molecular complexity index is 897. The monoisotopic (exact) mass is 444 g/mol. The van der Waals surface area contributed by atoms with E-state index in [2.05, 4.69) is 10.1 Å². The van der Waals surface area contributed by atoms with Gasteiger partial charge >= 0.3 is 12.1 Å². The lowest BCUT2D eigenvalue weighted by atomic mass is 10.1. The van der Waals surface area contributed by atoms with Gasteiger partial charge in [0.05, 0.1) is 34.1 Å². The first-order valence-electron chi connectivity index (χ1n) is 7.76. The van der Waals surface area contributed by atoms with E-state index in [1.54, 1.807) is 18.2 Å². The molecule has 0 fully saturated rings. The van der Waals surface area contributed by atoms with E-state index in [0.29, 0.717) is 5.02 Å². The number of hydrogen-bond acceptors (Lipinski definition) is 5. The van der Waals surface area contributed by atoms with Gasteiger partial charge in [0.15, 0.2) is 6.61 Å². The van der Waals surface area contributed by atoms with E-state index in [1.807, 2.05) is 0 Å². The highest BCUT2D eigenvalue weighted by Crippen LogP contribution is 2.33. The summed E-state index contributed by atoms with van der Waals surface area (Å²) in [6.45, 7) is -0.593. The van der Waals surface area contributed by atoms with Crippen molar-refractivity contribution < 1.29 is 23.9 Å². The maximum atomic E-state index is 12.4. The highest BCUT2D eigenvalue weighted by Gasteiger charge is 2.21. The lowest BCUT2D eigenvalue weighted by Crippen LogP contribution is -2.28. The van der Waals surface area contributed by atoms with Crippen LogP contribution in [0.3, 0.4) is 0 Å². The number of carbonyl (C=O) groups is 3. The van der Waals surface area contributed by atoms with E-state index in [0.717, 1.165) is 4.90 Å². The Morgan fingerprint density at radius 3 is 2.29 bits per heavy atom. The van der Waals surface area contributed by atoms with Gasteiger partial charge in [0.1, 0.15) is 0 Å². The molecule has 10 heteroatoms. The van der Waals surface area contributed by atoms with Crippen LogP contribution in [0.5, 0.6) is 0 Å². The molecule has 1 N–H and O–H groups in total. The van der Waals surface area contributed by atoms with Crippen LogP contribution in [-0.4, -0.2) is 38.7 Å². The molecule has 0 aliphatic heterocycles. The minimum absolute atomic E-state index is 0.0887. The van der Waals surface area contributed by atoms with E-state index in [1.165, 1.54) is 32.4 Å². The number of esters is 1. The zero-order valence-electron chi connectivity index (χ0n) is 14.8. The smallest absolute Gasteiger partial charge is 0.413 e. The minimum Gasteiger partial charge on any atom is -0.452 e. The molecular formula is C18H15Cl3N2O5. The van der Waals surface area contributed by atoms with Crippen molar-refractivity contribution >= 4 is 64.1 Å². The predicted octanol–water partition coefficient (Wildman–Crippen LogP) is 4.64. The summed E-state index contributed by atoms with van der Waals surface area (Å²) < 4.78 is 9.66. The Morgan fingerprint density at radius 1 is 1.07 bits per heavy atom. The summed E-state index contributed by atoms with van der Waals surface area (Å²) in [5.74, 6) is -1.45. The summed E-state index contributed by atoms with van der Waals surface area (Å²) in [5.41, 5.74) is 0.508. The molecule has 28 heavy (non-hydrogen) atoms. The van der Waals surface area contributed by atoms with Gasteiger partial charge in [-0.1, -0.05) is 46.9 Å². The van der Waals surface area contributed by atoms with E-state index in [9.17, 15) is 14.4 Å². The van der Waals surface area contributed by atoms with Crippen LogP contribution in [0.25, 0.3) is 0 Å². The third-order valence-corrected chi connectivity index (χ3v) is 4.35. The van der Waals surface area contributed by atoms with E-state index >= 15 is 0 Å². The van der Waals surface area contributed by atoms with Crippen molar-refractivity contribution in [3.63, 3.8) is 0 Å². The van der Waals surface area contributed by atoms with Gasteiger partial charge < -0.3 is 14.8 Å². The minimum atomic E-state index is -0.796. The molecule has 0 saturated carbocycles. The number of ether oxygens (including phenoxy) is 2. The molecule has 2 aromatic carbocycles. The maximum Gasteiger partial charge on any atom is 0.413 e. The second-order valence-electron chi connectivity index (χ2n) is 5.41. The van der Waals surface area contributed by atoms with Gasteiger partial charge in [-0.25, -0.2) is 9.59 Å². The Balaban J connectivity index is 2.07. The molecule has 2 aromatic rings. The second-order valence-corrected chi connectivity index (χ2v) is 6.67. The van der Waals surface area contributed by atoms with Crippen molar-refractivity contribution in [3.05, 3.63) is 57.0 Å². The van der Waals surface area contributed by atoms with Crippen LogP contribution >= 0.6 is 34.8 Å². The van der Waals surface area contributed by atoms with Crippen LogP contribution in [0.2, 0.25) is 15.1 Å². The third kappa shape index (κ3) is 5.28. The summed E-state index contributed by atoms with van der Waals surface area (Å²) in [6, 6.07) is 9.06. The summed E-state index contributed by atoms with van der Waals surface area (Å²) in [4.78, 5) is 37.3. The molecule has 0 aliphatic rings. The number of benzene rings is 2. The maximum absolute atomic E-state index is 12.4. The molecule has 148 valence electrons. The largest absolute Gasteiger partial charge is 0.452 e. The summed E-state index contributed by atoms with van der Waals surface area (Å²) in [5, 5.41) is 3.05. The van der Waals surface area contributed by atoms with Gasteiger partial charge in [-0.05, 0) is 24.3 Å². The molecule has 0 heterocycles. The fourth-order valence-electron chi connectivity index (χ4n) is 2.22. The van der Waals surface area contributed by atoms with Crippen LogP contribution in [0.4, 0.5) is 16.2 Å². The fraction of sp³-hybridized carbons (Fsp3) is 0.167. The van der Waals surface area contributed by atoms with Crippen molar-refractivity contribution in [2.45, 2.75) is 0 Å². The molecule has 0 atom stereocenters. The lowest BCUT2D eigenvalue weighted by Gasteiger charge is -2.18. The molecule has 0 bridgehead atoms. The molecule has 2 rings (SSSR count). The van der Waals surface area contributed by atoms with Crippen LogP contribution < -0.4 is 10.2 Å². The lowest BCUT2D eigenvalue weighted by molar-refractivity contribution is -0.119. The highest BCUT2D eigenvalue weighted by atomic mass is 35.5. The van der Waals surface area contributed by atoms with Crippen molar-refractivity contribution in [2.75, 3.05) is 31.0 Å². The Kier molecular flexibility index (Phi) is 7.51. The molecule has 0 aliphatic carbocycles. The normalized spacial score (nSPS) is 10.2. The van der Waals surface area contributed by atoms with Crippen molar-refractivity contribution in [1.82, 2.24) is 0 Å². The van der Waals surface area contributed by atoms with E-state index in [4.69, 9.17) is 39.5 Å². The Labute approximate surface area is 176 Å². The average molecular weight is 446 g/mol. The number of hydrogen-bond donors (Lipinski definition) is 1. The van der Waals surface area contributed by atoms with Crippen LogP contribution in [0.1, 0.15) is 10.4 Å². The molecule has 0 unspecified atom stereocenters. The number of para-hydroxylation sites is 1. The van der Waals surface area contributed by atoms with Gasteiger partial charge in [-0.3, -0.25) is 9.69 Å². The van der Waals surface area contributed by atoms with Crippen LogP contribution in [0, 0.1) is 0 Å². The average Bonchev–Trinajstić information content (AvgIpc) is 2.67. The van der Waals surface area contributed by atoms with Crippen molar-refractivity contribution in [3.8, 4) is 0 Å². The fourth-order valence-corrected chi connectivity index (χ4v) is 3.13. The number of anilines is 2. The summed E-state index contributed by atoms with van der Waals surface area (Å²) in [7, 11) is 2.66. The zero-order valence-corrected chi connectivity index (χ0v) is 17.1. The number of nitrogens with zero attached hydrogens (tertiary/aromatic N) is 1. The number of rotatable bonds is 5. The molecule has 2 amide bonds. The quantitative estimate of drug-likeness (QED) is 0.677. The van der Waals surface area contributed by atoms with Crippen molar-refractivity contribution in [1.29, 1.82) is 0 Å². The Morgan fingerprint density at radius 2 is 1.68 bits per heavy atom. The number of carbonyl (C=O) groups excluding carboxylic acids is 3. The molecule has 0 spiro atoms. The number of nitrogens with one attached hydrogen (secondary N) is 1. The molecule has 0 saturated heterocycles. The van der Waals surface area contributed by atoms with Gasteiger partial charge in [-0.2, -0.15) is 0 Å². The highest BCUT2D eigenvalue weighted by molar-refractivity contribution is 6.42. The third-order valence-electron chi connectivity index (χ3n) is 3.54. The van der Waals surface area contributed by atoms with Gasteiger partial charge in [0.2, 0.25) is 0 Å². The number of halogens is 3. The molecule has 7 nitrogen and oxygen atoms in total. The predicted molar refractivity (Wildman–Crippen MR) is 108 cm³/mol. The Hall–Kier alpha value is -2.48. The standard InChI is InChI=1S/C18H15Cl3N2O5/c1-23(18(26)27-2)14-6-4-3-5-11(14)17(25)28-9-15(24)22-16-12(20)7-10(19)8-13(16)21/h3-8H,9H2,1-2H3,(H,22,24). The second kappa shape index (κ2) is 9.64. The topological polar surface area (TPSA) is 84.9 Å². The van der Waals surface area contributed by atoms with Crippen LogP contribution in [0.15, 0.2) is 36.4 Å².